The molecule has 25 heavy (non-hydrogen) atoms. The average molecular weight is 356 g/mol. The molecule has 0 saturated heterocycles. The molecule has 0 radical (unpaired) electrons. The number of rotatable bonds is 3. The molecule has 0 aliphatic heterocycles. The summed E-state index contributed by atoms with van der Waals surface area (Å²) in [6.45, 7) is 0. The van der Waals surface area contributed by atoms with Crippen molar-refractivity contribution in [1.82, 2.24) is 0 Å². The van der Waals surface area contributed by atoms with Gasteiger partial charge in [0.1, 0.15) is 11.4 Å². The molecule has 1 heterocycles. The molecule has 4 heteroatoms. The van der Waals surface area contributed by atoms with Crippen molar-refractivity contribution in [2.45, 2.75) is 42.9 Å². The van der Waals surface area contributed by atoms with E-state index < -0.39 is 10.8 Å². The van der Waals surface area contributed by atoms with E-state index in [1.807, 2.05) is 6.07 Å². The van der Waals surface area contributed by atoms with Crippen LogP contribution in [-0.4, -0.2) is 10.5 Å². The van der Waals surface area contributed by atoms with Crippen molar-refractivity contribution >= 4 is 21.8 Å². The van der Waals surface area contributed by atoms with Crippen molar-refractivity contribution in [3.63, 3.8) is 0 Å². The van der Waals surface area contributed by atoms with Crippen molar-refractivity contribution in [1.29, 1.82) is 0 Å². The second kappa shape index (κ2) is 6.75. The zero-order valence-electron chi connectivity index (χ0n) is 14.3. The Bertz CT molecular complexity index is 938. The summed E-state index contributed by atoms with van der Waals surface area (Å²) in [6, 6.07) is 12.5. The number of halogens is 1. The molecule has 4 rings (SSSR count). The lowest BCUT2D eigenvalue weighted by Gasteiger charge is -2.21. The number of furan rings is 1. The van der Waals surface area contributed by atoms with Crippen molar-refractivity contribution in [2.24, 2.45) is 0 Å². The van der Waals surface area contributed by atoms with Gasteiger partial charge in [0.2, 0.25) is 0 Å². The molecule has 1 aromatic heterocycles. The largest absolute Gasteiger partial charge is 0.455 e. The highest BCUT2D eigenvalue weighted by Gasteiger charge is 2.22. The van der Waals surface area contributed by atoms with E-state index in [4.69, 9.17) is 4.42 Å². The lowest BCUT2D eigenvalue weighted by Crippen LogP contribution is -2.04. The van der Waals surface area contributed by atoms with E-state index in [1.165, 1.54) is 49.8 Å². The van der Waals surface area contributed by atoms with Gasteiger partial charge in [-0.3, -0.25) is 4.21 Å². The molecule has 3 aromatic rings. The monoisotopic (exact) mass is 356 g/mol. The van der Waals surface area contributed by atoms with Crippen LogP contribution in [0.25, 0.3) is 22.3 Å². The first kappa shape index (κ1) is 16.5. The van der Waals surface area contributed by atoms with Crippen LogP contribution in [0.15, 0.2) is 51.8 Å². The number of benzene rings is 2. The van der Waals surface area contributed by atoms with Gasteiger partial charge in [-0.25, -0.2) is 4.39 Å². The Morgan fingerprint density at radius 1 is 1.08 bits per heavy atom. The Morgan fingerprint density at radius 2 is 1.88 bits per heavy atom. The molecule has 2 aromatic carbocycles. The van der Waals surface area contributed by atoms with Gasteiger partial charge in [-0.15, -0.1) is 0 Å². The molecule has 1 atom stereocenters. The second-order valence-corrected chi connectivity index (χ2v) is 8.13. The first-order valence-electron chi connectivity index (χ1n) is 8.79. The third kappa shape index (κ3) is 3.15. The Morgan fingerprint density at radius 3 is 2.60 bits per heavy atom. The minimum Gasteiger partial charge on any atom is -0.455 e. The first-order chi connectivity index (χ1) is 12.1. The average Bonchev–Trinajstić information content (AvgIpc) is 3.01. The fourth-order valence-electron chi connectivity index (χ4n) is 3.89. The summed E-state index contributed by atoms with van der Waals surface area (Å²) in [7, 11) is -1.22. The summed E-state index contributed by atoms with van der Waals surface area (Å²) < 4.78 is 32.1. The van der Waals surface area contributed by atoms with Gasteiger partial charge in [-0.2, -0.15) is 0 Å². The molecule has 1 unspecified atom stereocenters. The summed E-state index contributed by atoms with van der Waals surface area (Å²) in [5.74, 6) is 0.758. The van der Waals surface area contributed by atoms with Gasteiger partial charge in [0.25, 0.3) is 0 Å². The molecule has 0 N–H and O–H groups in total. The van der Waals surface area contributed by atoms with E-state index in [0.29, 0.717) is 27.7 Å². The fraction of sp³-hybridized carbons (Fsp3) is 0.333. The van der Waals surface area contributed by atoms with Crippen LogP contribution in [0.1, 0.15) is 43.6 Å². The van der Waals surface area contributed by atoms with Crippen LogP contribution in [0.4, 0.5) is 4.39 Å². The lowest BCUT2D eigenvalue weighted by molar-refractivity contribution is 0.444. The summed E-state index contributed by atoms with van der Waals surface area (Å²) in [6.07, 6.45) is 7.94. The number of hydrogen-bond acceptors (Lipinski definition) is 2. The van der Waals surface area contributed by atoms with Gasteiger partial charge in [-0.1, -0.05) is 37.5 Å². The SMILES string of the molecule is CS(=O)c1c(-c2cccc(F)c2)oc2ccc(C3CCCCC3)cc12. The summed E-state index contributed by atoms with van der Waals surface area (Å²) in [4.78, 5) is 0.665. The molecule has 0 spiro atoms. The molecule has 130 valence electrons. The van der Waals surface area contributed by atoms with E-state index >= 15 is 0 Å². The third-order valence-corrected chi connectivity index (χ3v) is 6.10. The van der Waals surface area contributed by atoms with Crippen LogP contribution in [0.5, 0.6) is 0 Å². The molecule has 0 bridgehead atoms. The zero-order valence-corrected chi connectivity index (χ0v) is 15.1. The quantitative estimate of drug-likeness (QED) is 0.574. The fourth-order valence-corrected chi connectivity index (χ4v) is 4.78. The Hall–Kier alpha value is -1.94. The summed E-state index contributed by atoms with van der Waals surface area (Å²) >= 11 is 0. The van der Waals surface area contributed by atoms with Crippen molar-refractivity contribution < 1.29 is 13.0 Å². The second-order valence-electron chi connectivity index (χ2n) is 6.82. The van der Waals surface area contributed by atoms with Gasteiger partial charge in [0, 0.05) is 17.2 Å². The maximum absolute atomic E-state index is 13.6. The van der Waals surface area contributed by atoms with Crippen LogP contribution in [-0.2, 0) is 10.8 Å². The van der Waals surface area contributed by atoms with Gasteiger partial charge in [0.05, 0.1) is 15.7 Å². The Kier molecular flexibility index (Phi) is 4.46. The van der Waals surface area contributed by atoms with Crippen molar-refractivity contribution in [3.8, 4) is 11.3 Å². The van der Waals surface area contributed by atoms with Crippen molar-refractivity contribution in [2.75, 3.05) is 6.26 Å². The summed E-state index contributed by atoms with van der Waals surface area (Å²) in [5.41, 5.74) is 2.63. The van der Waals surface area contributed by atoms with E-state index in [-0.39, 0.29) is 5.82 Å². The molecule has 2 nitrogen and oxygen atoms in total. The molecule has 0 amide bonds. The smallest absolute Gasteiger partial charge is 0.151 e. The molecule has 1 aliphatic carbocycles. The minimum atomic E-state index is -1.22. The maximum atomic E-state index is 13.6. The van der Waals surface area contributed by atoms with Crippen LogP contribution < -0.4 is 0 Å². The molecular formula is C21H21FO2S. The predicted octanol–water partition coefficient (Wildman–Crippen LogP) is 6.02. The number of hydrogen-bond donors (Lipinski definition) is 0. The minimum absolute atomic E-state index is 0.325. The summed E-state index contributed by atoms with van der Waals surface area (Å²) in [5, 5.41) is 0.892. The highest BCUT2D eigenvalue weighted by atomic mass is 32.2. The van der Waals surface area contributed by atoms with Gasteiger partial charge in [0.15, 0.2) is 5.76 Å². The Labute approximate surface area is 149 Å². The predicted molar refractivity (Wildman–Crippen MR) is 99.8 cm³/mol. The topological polar surface area (TPSA) is 30.2 Å². The normalized spacial score (nSPS) is 17.0. The van der Waals surface area contributed by atoms with E-state index in [0.717, 1.165) is 5.39 Å². The Balaban J connectivity index is 1.87. The van der Waals surface area contributed by atoms with E-state index in [1.54, 1.807) is 18.4 Å². The van der Waals surface area contributed by atoms with E-state index in [9.17, 15) is 8.60 Å². The standard InChI is InChI=1S/C21H21FO2S/c1-25(23)21-18-13-15(14-6-3-2-4-7-14)10-11-19(18)24-20(21)16-8-5-9-17(22)12-16/h5,8-14H,2-4,6-7H2,1H3. The maximum Gasteiger partial charge on any atom is 0.151 e. The van der Waals surface area contributed by atoms with Crippen LogP contribution in [0.3, 0.4) is 0 Å². The van der Waals surface area contributed by atoms with Crippen LogP contribution in [0, 0.1) is 5.82 Å². The lowest BCUT2D eigenvalue weighted by atomic mass is 9.84. The first-order valence-corrected chi connectivity index (χ1v) is 10.3. The van der Waals surface area contributed by atoms with Gasteiger partial charge in [-0.05, 0) is 48.6 Å². The molecule has 1 aliphatic rings. The van der Waals surface area contributed by atoms with Crippen molar-refractivity contribution in [3.05, 3.63) is 53.8 Å². The van der Waals surface area contributed by atoms with Gasteiger partial charge < -0.3 is 4.42 Å². The zero-order chi connectivity index (χ0) is 17.4. The van der Waals surface area contributed by atoms with E-state index in [2.05, 4.69) is 12.1 Å². The molecule has 1 fully saturated rings. The van der Waals surface area contributed by atoms with Crippen LogP contribution in [0.2, 0.25) is 0 Å². The highest BCUT2D eigenvalue weighted by molar-refractivity contribution is 7.84. The molecular weight excluding hydrogens is 335 g/mol. The van der Waals surface area contributed by atoms with Crippen LogP contribution >= 0.6 is 0 Å². The molecule has 1 saturated carbocycles. The highest BCUT2D eigenvalue weighted by Crippen LogP contribution is 2.39. The number of fused-ring (bicyclic) bond motifs is 1. The third-order valence-electron chi connectivity index (χ3n) is 5.12. The van der Waals surface area contributed by atoms with Gasteiger partial charge >= 0.3 is 0 Å².